The van der Waals surface area contributed by atoms with E-state index in [1.165, 1.54) is 0 Å². The van der Waals surface area contributed by atoms with E-state index in [1.54, 1.807) is 12.1 Å². The Morgan fingerprint density at radius 2 is 1.63 bits per heavy atom. The van der Waals surface area contributed by atoms with Crippen LogP contribution in [-0.4, -0.2) is 31.9 Å². The molecule has 6 nitrogen and oxygen atoms in total. The number of carbonyl (C=O) groups is 2. The molecule has 1 heterocycles. The molecule has 6 heteroatoms. The van der Waals surface area contributed by atoms with Crippen molar-refractivity contribution < 1.29 is 19.8 Å². The van der Waals surface area contributed by atoms with E-state index < -0.39 is 11.9 Å². The molecule has 98 valence electrons. The molecule has 0 saturated heterocycles. The van der Waals surface area contributed by atoms with Crippen LogP contribution >= 0.6 is 0 Å². The summed E-state index contributed by atoms with van der Waals surface area (Å²) in [6.45, 7) is 3.75. The maximum Gasteiger partial charge on any atom is 0.355 e. The summed E-state index contributed by atoms with van der Waals surface area (Å²) in [5.41, 5.74) is 1.74. The topological polar surface area (TPSA) is 92.4 Å². The molecule has 0 saturated carbocycles. The minimum Gasteiger partial charge on any atom is -0.478 e. The summed E-state index contributed by atoms with van der Waals surface area (Å²) >= 11 is 0. The quantitative estimate of drug-likeness (QED) is 0.879. The Morgan fingerprint density at radius 1 is 1.05 bits per heavy atom. The van der Waals surface area contributed by atoms with Gasteiger partial charge in [-0.2, -0.15) is 5.10 Å². The third-order valence-corrected chi connectivity index (χ3v) is 2.65. The maximum absolute atomic E-state index is 11.2. The Labute approximate surface area is 108 Å². The van der Waals surface area contributed by atoms with Crippen molar-refractivity contribution in [3.63, 3.8) is 0 Å². The lowest BCUT2D eigenvalue weighted by Gasteiger charge is -2.07. The smallest absolute Gasteiger partial charge is 0.355 e. The van der Waals surface area contributed by atoms with Crippen LogP contribution in [0.5, 0.6) is 0 Å². The predicted octanol–water partition coefficient (Wildman–Crippen LogP) is 1.89. The fourth-order valence-electron chi connectivity index (χ4n) is 1.98. The van der Waals surface area contributed by atoms with E-state index in [-0.39, 0.29) is 11.3 Å². The number of aromatic nitrogens is 2. The van der Waals surface area contributed by atoms with Gasteiger partial charge in [0.25, 0.3) is 0 Å². The predicted molar refractivity (Wildman–Crippen MR) is 67.0 cm³/mol. The highest BCUT2D eigenvalue weighted by Gasteiger charge is 2.23. The molecule has 19 heavy (non-hydrogen) atoms. The number of carboxylic acids is 2. The zero-order valence-corrected chi connectivity index (χ0v) is 10.4. The van der Waals surface area contributed by atoms with Crippen molar-refractivity contribution in [1.29, 1.82) is 0 Å². The summed E-state index contributed by atoms with van der Waals surface area (Å²) in [6, 6.07) is 5.43. The number of nitrogens with zero attached hydrogens (tertiary/aromatic N) is 2. The lowest BCUT2D eigenvalue weighted by atomic mass is 10.1. The van der Waals surface area contributed by atoms with Gasteiger partial charge in [0.2, 0.25) is 0 Å². The van der Waals surface area contributed by atoms with Gasteiger partial charge in [-0.3, -0.25) is 0 Å². The molecule has 0 atom stereocenters. The van der Waals surface area contributed by atoms with Crippen molar-refractivity contribution >= 4 is 11.9 Å². The molecule has 0 amide bonds. The van der Waals surface area contributed by atoms with Crippen molar-refractivity contribution in [2.75, 3.05) is 0 Å². The van der Waals surface area contributed by atoms with E-state index in [2.05, 4.69) is 5.10 Å². The van der Waals surface area contributed by atoms with Crippen LogP contribution in [0.15, 0.2) is 24.4 Å². The van der Waals surface area contributed by atoms with Crippen LogP contribution in [0.3, 0.4) is 0 Å². The van der Waals surface area contributed by atoms with E-state index in [0.717, 1.165) is 22.0 Å². The zero-order chi connectivity index (χ0) is 14.2. The average Bonchev–Trinajstić information content (AvgIpc) is 2.71. The van der Waals surface area contributed by atoms with Gasteiger partial charge < -0.3 is 10.2 Å². The van der Waals surface area contributed by atoms with Crippen LogP contribution in [0.2, 0.25) is 0 Å². The summed E-state index contributed by atoms with van der Waals surface area (Å²) in [7, 11) is 0. The molecule has 0 bridgehead atoms. The van der Waals surface area contributed by atoms with Gasteiger partial charge in [-0.25, -0.2) is 14.3 Å². The van der Waals surface area contributed by atoms with E-state index in [4.69, 9.17) is 10.2 Å². The highest BCUT2D eigenvalue weighted by molar-refractivity contribution is 6.00. The van der Waals surface area contributed by atoms with Crippen LogP contribution in [0.1, 0.15) is 32.0 Å². The lowest BCUT2D eigenvalue weighted by molar-refractivity contribution is 0.0646. The summed E-state index contributed by atoms with van der Waals surface area (Å²) in [5.74, 6) is -2.64. The normalized spacial score (nSPS) is 10.4. The molecule has 0 spiro atoms. The monoisotopic (exact) mass is 260 g/mol. The maximum atomic E-state index is 11.2. The Morgan fingerprint density at radius 3 is 2.11 bits per heavy atom. The zero-order valence-electron chi connectivity index (χ0n) is 10.4. The minimum atomic E-state index is -1.32. The van der Waals surface area contributed by atoms with Gasteiger partial charge in [0.1, 0.15) is 5.56 Å². The third kappa shape index (κ3) is 2.33. The lowest BCUT2D eigenvalue weighted by Crippen LogP contribution is -2.12. The number of aromatic carboxylic acids is 2. The second-order valence-corrected chi connectivity index (χ2v) is 4.27. The van der Waals surface area contributed by atoms with Crippen molar-refractivity contribution in [2.24, 2.45) is 0 Å². The molecule has 0 unspecified atom stereocenters. The Hall–Kier alpha value is -2.63. The van der Waals surface area contributed by atoms with Crippen LogP contribution in [0.25, 0.3) is 5.69 Å². The summed E-state index contributed by atoms with van der Waals surface area (Å²) in [6.07, 6.45) is 1.05. The fourth-order valence-corrected chi connectivity index (χ4v) is 1.98. The van der Waals surface area contributed by atoms with Crippen LogP contribution in [0, 0.1) is 13.8 Å². The SMILES string of the molecule is Cc1cc(C)cc(-n2ncc(C(=O)O)c2C(=O)O)c1. The summed E-state index contributed by atoms with van der Waals surface area (Å²) in [4.78, 5) is 22.2. The van der Waals surface area contributed by atoms with Gasteiger partial charge in [0.05, 0.1) is 11.9 Å². The molecule has 2 N–H and O–H groups in total. The van der Waals surface area contributed by atoms with Crippen LogP contribution < -0.4 is 0 Å². The van der Waals surface area contributed by atoms with Crippen molar-refractivity contribution in [2.45, 2.75) is 13.8 Å². The van der Waals surface area contributed by atoms with E-state index >= 15 is 0 Å². The van der Waals surface area contributed by atoms with Gasteiger partial charge >= 0.3 is 11.9 Å². The number of rotatable bonds is 3. The van der Waals surface area contributed by atoms with Gasteiger partial charge in [0.15, 0.2) is 5.69 Å². The molecule has 0 aliphatic rings. The molecular weight excluding hydrogens is 248 g/mol. The first-order chi connectivity index (χ1) is 8.90. The van der Waals surface area contributed by atoms with Crippen molar-refractivity contribution in [3.05, 3.63) is 46.8 Å². The third-order valence-electron chi connectivity index (χ3n) is 2.65. The van der Waals surface area contributed by atoms with Crippen molar-refractivity contribution in [1.82, 2.24) is 9.78 Å². The van der Waals surface area contributed by atoms with E-state index in [0.29, 0.717) is 5.69 Å². The largest absolute Gasteiger partial charge is 0.478 e. The first-order valence-electron chi connectivity index (χ1n) is 5.53. The van der Waals surface area contributed by atoms with Gasteiger partial charge in [-0.05, 0) is 37.1 Å². The number of aryl methyl sites for hydroxylation is 2. The van der Waals surface area contributed by atoms with Gasteiger partial charge in [-0.15, -0.1) is 0 Å². The number of benzene rings is 1. The molecule has 0 radical (unpaired) electrons. The molecule has 0 fully saturated rings. The molecule has 2 aromatic rings. The van der Waals surface area contributed by atoms with Gasteiger partial charge in [0, 0.05) is 0 Å². The number of hydrogen-bond donors (Lipinski definition) is 2. The van der Waals surface area contributed by atoms with Crippen LogP contribution in [0.4, 0.5) is 0 Å². The van der Waals surface area contributed by atoms with Crippen LogP contribution in [-0.2, 0) is 0 Å². The Kier molecular flexibility index (Phi) is 3.08. The fraction of sp³-hybridized carbons (Fsp3) is 0.154. The molecule has 2 rings (SSSR count). The highest BCUT2D eigenvalue weighted by atomic mass is 16.4. The molecule has 0 aliphatic carbocycles. The van der Waals surface area contributed by atoms with Crippen molar-refractivity contribution in [3.8, 4) is 5.69 Å². The first-order valence-corrected chi connectivity index (χ1v) is 5.53. The van der Waals surface area contributed by atoms with E-state index in [9.17, 15) is 9.59 Å². The molecule has 1 aromatic heterocycles. The number of hydrogen-bond acceptors (Lipinski definition) is 3. The highest BCUT2D eigenvalue weighted by Crippen LogP contribution is 2.18. The Bertz CT molecular complexity index is 653. The van der Waals surface area contributed by atoms with Gasteiger partial charge in [-0.1, -0.05) is 6.07 Å². The standard InChI is InChI=1S/C13H12N2O4/c1-7-3-8(2)5-9(4-7)15-11(13(18)19)10(6-14-15)12(16)17/h3-6H,1-2H3,(H,16,17)(H,18,19). The molecule has 1 aromatic carbocycles. The second kappa shape index (κ2) is 4.56. The molecule has 0 aliphatic heterocycles. The second-order valence-electron chi connectivity index (χ2n) is 4.27. The average molecular weight is 260 g/mol. The minimum absolute atomic E-state index is 0.327. The molecular formula is C13H12N2O4. The summed E-state index contributed by atoms with van der Waals surface area (Å²) in [5, 5.41) is 22.0. The first kappa shape index (κ1) is 12.8. The van der Waals surface area contributed by atoms with E-state index in [1.807, 2.05) is 19.9 Å². The Balaban J connectivity index is 2.69. The number of carboxylic acid groups (broad SMARTS) is 2. The summed E-state index contributed by atoms with van der Waals surface area (Å²) < 4.78 is 1.13.